The fraction of sp³-hybridized carbons (Fsp3) is 0.500. The molecule has 1 aromatic heterocycles. The maximum absolute atomic E-state index is 11.8. The van der Waals surface area contributed by atoms with Crippen molar-refractivity contribution >= 4 is 11.7 Å². The number of Topliss-reactive ketones (excluding diaryl/α,β-unsaturated/α-hetero) is 1. The van der Waals surface area contributed by atoms with E-state index in [-0.39, 0.29) is 30.0 Å². The highest BCUT2D eigenvalue weighted by atomic mass is 16.3. The second-order valence-corrected chi connectivity index (χ2v) is 4.39. The van der Waals surface area contributed by atoms with Gasteiger partial charge in [0.2, 0.25) is 11.7 Å². The number of hydrogen-bond acceptors (Lipinski definition) is 4. The van der Waals surface area contributed by atoms with Crippen LogP contribution >= 0.6 is 0 Å². The topological polar surface area (TPSA) is 76.5 Å². The molecule has 17 heavy (non-hydrogen) atoms. The Morgan fingerprint density at radius 2 is 2.29 bits per heavy atom. The zero-order valence-electron chi connectivity index (χ0n) is 9.76. The molecule has 0 spiro atoms. The van der Waals surface area contributed by atoms with Crippen LogP contribution in [0, 0.1) is 0 Å². The molecule has 1 fully saturated rings. The number of carbonyl (C=O) groups excluding carboxylic acids is 2. The number of nitrogens with zero attached hydrogens (tertiary/aromatic N) is 1. The Morgan fingerprint density at radius 3 is 2.76 bits per heavy atom. The molecule has 0 unspecified atom stereocenters. The van der Waals surface area contributed by atoms with E-state index in [9.17, 15) is 9.59 Å². The van der Waals surface area contributed by atoms with Crippen molar-refractivity contribution in [3.8, 4) is 0 Å². The van der Waals surface area contributed by atoms with Crippen LogP contribution in [0.25, 0.3) is 0 Å². The quantitative estimate of drug-likeness (QED) is 0.767. The van der Waals surface area contributed by atoms with E-state index >= 15 is 0 Å². The molecule has 0 bridgehead atoms. The first-order valence-corrected chi connectivity index (χ1v) is 5.72. The predicted molar refractivity (Wildman–Crippen MR) is 61.4 cm³/mol. The fourth-order valence-corrected chi connectivity index (χ4v) is 1.70. The summed E-state index contributed by atoms with van der Waals surface area (Å²) < 4.78 is 5.02. The SMILES string of the molecule is C[C@H](N)C(=O)N(CC(=O)c1ccco1)C1CC1. The first-order chi connectivity index (χ1) is 8.09. The number of furan rings is 1. The summed E-state index contributed by atoms with van der Waals surface area (Å²) in [6.07, 6.45) is 3.34. The third-order valence-electron chi connectivity index (χ3n) is 2.77. The minimum absolute atomic E-state index is 0.0541. The monoisotopic (exact) mass is 236 g/mol. The van der Waals surface area contributed by atoms with Gasteiger partial charge in [-0.1, -0.05) is 0 Å². The first-order valence-electron chi connectivity index (χ1n) is 5.72. The molecule has 0 aromatic carbocycles. The van der Waals surface area contributed by atoms with Gasteiger partial charge in [-0.25, -0.2) is 0 Å². The van der Waals surface area contributed by atoms with Gasteiger partial charge >= 0.3 is 0 Å². The minimum Gasteiger partial charge on any atom is -0.461 e. The summed E-state index contributed by atoms with van der Waals surface area (Å²) in [5, 5.41) is 0. The molecule has 5 heteroatoms. The van der Waals surface area contributed by atoms with Crippen molar-refractivity contribution in [2.24, 2.45) is 5.73 Å². The lowest BCUT2D eigenvalue weighted by Gasteiger charge is -2.23. The highest BCUT2D eigenvalue weighted by molar-refractivity contribution is 5.97. The number of rotatable bonds is 5. The molecule has 0 saturated heterocycles. The van der Waals surface area contributed by atoms with Crippen LogP contribution in [0.3, 0.4) is 0 Å². The molecule has 5 nitrogen and oxygen atoms in total. The third kappa shape index (κ3) is 2.74. The lowest BCUT2D eigenvalue weighted by Crippen LogP contribution is -2.45. The maximum Gasteiger partial charge on any atom is 0.239 e. The molecule has 1 aromatic rings. The fourth-order valence-electron chi connectivity index (χ4n) is 1.70. The van der Waals surface area contributed by atoms with Crippen LogP contribution in [0.4, 0.5) is 0 Å². The van der Waals surface area contributed by atoms with Crippen molar-refractivity contribution in [3.63, 3.8) is 0 Å². The highest BCUT2D eigenvalue weighted by Crippen LogP contribution is 2.27. The zero-order valence-corrected chi connectivity index (χ0v) is 9.76. The average molecular weight is 236 g/mol. The van der Waals surface area contributed by atoms with Gasteiger partial charge in [0.15, 0.2) is 5.76 Å². The number of nitrogens with two attached hydrogens (primary N) is 1. The molecule has 2 N–H and O–H groups in total. The predicted octanol–water partition coefficient (Wildman–Crippen LogP) is 0.800. The third-order valence-corrected chi connectivity index (χ3v) is 2.77. The molecular formula is C12H16N2O3. The summed E-state index contributed by atoms with van der Waals surface area (Å²) >= 11 is 0. The number of hydrogen-bond donors (Lipinski definition) is 1. The van der Waals surface area contributed by atoms with E-state index in [0.717, 1.165) is 12.8 Å². The molecule has 0 aliphatic heterocycles. The molecule has 1 amide bonds. The van der Waals surface area contributed by atoms with Crippen LogP contribution in [0.5, 0.6) is 0 Å². The number of amides is 1. The molecule has 1 atom stereocenters. The highest BCUT2D eigenvalue weighted by Gasteiger charge is 2.35. The van der Waals surface area contributed by atoms with Crippen molar-refractivity contribution in [1.29, 1.82) is 0 Å². The van der Waals surface area contributed by atoms with Gasteiger partial charge in [-0.15, -0.1) is 0 Å². The van der Waals surface area contributed by atoms with Crippen LogP contribution in [0.15, 0.2) is 22.8 Å². The maximum atomic E-state index is 11.8. The summed E-state index contributed by atoms with van der Waals surface area (Å²) in [5.41, 5.74) is 5.57. The van der Waals surface area contributed by atoms with Gasteiger partial charge in [0, 0.05) is 6.04 Å². The Bertz CT molecular complexity index is 407. The van der Waals surface area contributed by atoms with Gasteiger partial charge in [-0.05, 0) is 31.9 Å². The Hall–Kier alpha value is -1.62. The number of carbonyl (C=O) groups is 2. The largest absolute Gasteiger partial charge is 0.461 e. The first kappa shape index (κ1) is 11.9. The molecule has 0 radical (unpaired) electrons. The Balaban J connectivity index is 2.03. The van der Waals surface area contributed by atoms with Crippen LogP contribution < -0.4 is 5.73 Å². The van der Waals surface area contributed by atoms with Gasteiger partial charge in [0.25, 0.3) is 0 Å². The van der Waals surface area contributed by atoms with Crippen molar-refractivity contribution in [1.82, 2.24) is 4.90 Å². The van der Waals surface area contributed by atoms with Gasteiger partial charge < -0.3 is 15.1 Å². The van der Waals surface area contributed by atoms with Crippen molar-refractivity contribution in [3.05, 3.63) is 24.2 Å². The smallest absolute Gasteiger partial charge is 0.239 e. The van der Waals surface area contributed by atoms with E-state index in [4.69, 9.17) is 10.2 Å². The van der Waals surface area contributed by atoms with Gasteiger partial charge in [0.05, 0.1) is 18.8 Å². The van der Waals surface area contributed by atoms with Crippen LogP contribution in [-0.2, 0) is 4.79 Å². The molecular weight excluding hydrogens is 220 g/mol. The normalized spacial score (nSPS) is 16.6. The molecule has 2 rings (SSSR count). The van der Waals surface area contributed by atoms with Crippen molar-refractivity contribution in [2.75, 3.05) is 6.54 Å². The van der Waals surface area contributed by atoms with Crippen LogP contribution in [0.1, 0.15) is 30.3 Å². The Kier molecular flexibility index (Phi) is 3.28. The van der Waals surface area contributed by atoms with E-state index in [1.165, 1.54) is 6.26 Å². The average Bonchev–Trinajstić information content (AvgIpc) is 2.98. The van der Waals surface area contributed by atoms with Crippen LogP contribution in [-0.4, -0.2) is 35.2 Å². The lowest BCUT2D eigenvalue weighted by atomic mass is 10.2. The van der Waals surface area contributed by atoms with Crippen molar-refractivity contribution < 1.29 is 14.0 Å². The molecule has 1 aliphatic rings. The van der Waals surface area contributed by atoms with Gasteiger partial charge in [-0.2, -0.15) is 0 Å². The summed E-state index contributed by atoms with van der Waals surface area (Å²) in [4.78, 5) is 25.3. The molecule has 1 aliphatic carbocycles. The Morgan fingerprint density at radius 1 is 1.59 bits per heavy atom. The summed E-state index contributed by atoms with van der Waals surface area (Å²) in [5.74, 6) is -0.0727. The minimum atomic E-state index is -0.569. The van der Waals surface area contributed by atoms with E-state index in [2.05, 4.69) is 0 Å². The Labute approximate surface area is 99.6 Å². The lowest BCUT2D eigenvalue weighted by molar-refractivity contribution is -0.132. The van der Waals surface area contributed by atoms with E-state index < -0.39 is 6.04 Å². The van der Waals surface area contributed by atoms with Crippen molar-refractivity contribution in [2.45, 2.75) is 31.8 Å². The zero-order chi connectivity index (χ0) is 12.4. The summed E-state index contributed by atoms with van der Waals surface area (Å²) in [7, 11) is 0. The van der Waals surface area contributed by atoms with Gasteiger partial charge in [0.1, 0.15) is 0 Å². The van der Waals surface area contributed by atoms with Crippen LogP contribution in [0.2, 0.25) is 0 Å². The van der Waals surface area contributed by atoms with E-state index in [1.54, 1.807) is 24.0 Å². The number of ketones is 1. The summed E-state index contributed by atoms with van der Waals surface area (Å²) in [6, 6.07) is 2.86. The summed E-state index contributed by atoms with van der Waals surface area (Å²) in [6.45, 7) is 1.69. The second-order valence-electron chi connectivity index (χ2n) is 4.39. The molecule has 1 heterocycles. The van der Waals surface area contributed by atoms with E-state index in [1.807, 2.05) is 0 Å². The molecule has 1 saturated carbocycles. The molecule has 92 valence electrons. The second kappa shape index (κ2) is 4.71. The standard InChI is InChI=1S/C12H16N2O3/c1-8(13)12(16)14(9-4-5-9)7-10(15)11-3-2-6-17-11/h2-3,6,8-9H,4-5,7,13H2,1H3/t8-/m0/s1. The van der Waals surface area contributed by atoms with Gasteiger partial charge in [-0.3, -0.25) is 9.59 Å². The van der Waals surface area contributed by atoms with E-state index in [0.29, 0.717) is 0 Å².